The average molecular weight is 714 g/mol. The maximum atomic E-state index is 11.6. The molecule has 0 saturated heterocycles. The van der Waals surface area contributed by atoms with Crippen LogP contribution in [0.4, 0.5) is 44.4 Å². The Bertz CT molecular complexity index is 2420. The smallest absolute Gasteiger partial charge is 0.294 e. The summed E-state index contributed by atoms with van der Waals surface area (Å²) >= 11 is 1.08. The molecule has 2 heterocycles. The largest absolute Gasteiger partial charge is 0.339 e. The summed E-state index contributed by atoms with van der Waals surface area (Å²) in [7, 11) is -8.89. The third-order valence-electron chi connectivity index (χ3n) is 6.82. The average Bonchev–Trinajstić information content (AvgIpc) is 3.37. The summed E-state index contributed by atoms with van der Waals surface area (Å²) in [5, 5.41) is 43.9. The number of azo groups is 2. The molecule has 2 aromatic heterocycles. The number of nitrogens with zero attached hydrogens (tertiary/aromatic N) is 7. The van der Waals surface area contributed by atoms with Crippen LogP contribution < -0.4 is 10.6 Å². The number of nitrogens with one attached hydrogen (secondary N) is 2. The molecule has 5 rings (SSSR count). The molecule has 0 saturated carbocycles. The lowest BCUT2D eigenvalue weighted by Gasteiger charge is -2.16. The van der Waals surface area contributed by atoms with E-state index in [1.54, 1.807) is 26.0 Å². The van der Waals surface area contributed by atoms with E-state index in [9.17, 15) is 36.5 Å². The van der Waals surface area contributed by atoms with Gasteiger partial charge in [0.2, 0.25) is 0 Å². The van der Waals surface area contributed by atoms with Crippen LogP contribution in [0.1, 0.15) is 22.3 Å². The Morgan fingerprint density at radius 1 is 0.653 bits per heavy atom. The van der Waals surface area contributed by atoms with Crippen LogP contribution in [-0.4, -0.2) is 30.9 Å². The fourth-order valence-electron chi connectivity index (χ4n) is 4.30. The van der Waals surface area contributed by atoms with Crippen molar-refractivity contribution in [3.05, 3.63) is 101 Å². The molecule has 0 unspecified atom stereocenters. The van der Waals surface area contributed by atoms with Crippen molar-refractivity contribution in [2.75, 3.05) is 10.6 Å². The molecule has 3 aromatic carbocycles. The van der Waals surface area contributed by atoms with Gasteiger partial charge in [0, 0.05) is 22.5 Å². The molecule has 0 radical (unpaired) electrons. The van der Waals surface area contributed by atoms with E-state index in [0.717, 1.165) is 11.3 Å². The summed E-state index contributed by atoms with van der Waals surface area (Å²) in [4.78, 5) is 3.88. The van der Waals surface area contributed by atoms with Crippen molar-refractivity contribution in [2.24, 2.45) is 20.5 Å². The van der Waals surface area contributed by atoms with Crippen LogP contribution in [0.2, 0.25) is 0 Å². The number of nitriles is 2. The lowest BCUT2D eigenvalue weighted by Crippen LogP contribution is -2.05. The number of pyridine rings is 1. The highest BCUT2D eigenvalue weighted by molar-refractivity contribution is 7.86. The predicted molar refractivity (Wildman–Crippen MR) is 181 cm³/mol. The minimum atomic E-state index is -4.45. The second-order valence-corrected chi connectivity index (χ2v) is 13.9. The summed E-state index contributed by atoms with van der Waals surface area (Å²) in [6, 6.07) is 23.4. The fourth-order valence-corrected chi connectivity index (χ4v) is 6.16. The number of thiophene rings is 1. The molecule has 15 nitrogen and oxygen atoms in total. The van der Waals surface area contributed by atoms with Crippen molar-refractivity contribution < 1.29 is 25.9 Å². The number of hydrogen-bond donors (Lipinski definition) is 4. The van der Waals surface area contributed by atoms with Crippen LogP contribution in [0.25, 0.3) is 0 Å². The molecule has 0 amide bonds. The molecule has 5 aromatic rings. The number of aromatic nitrogens is 1. The van der Waals surface area contributed by atoms with Gasteiger partial charge in [-0.05, 0) is 74.5 Å². The zero-order chi connectivity index (χ0) is 35.3. The molecule has 0 aliphatic rings. The number of hydrogen-bond acceptors (Lipinski definition) is 14. The Balaban J connectivity index is 1.59. The second-order valence-electron chi connectivity index (χ2n) is 10.1. The number of benzene rings is 3. The lowest BCUT2D eigenvalue weighted by molar-refractivity contribution is 0.481. The maximum absolute atomic E-state index is 11.6. The maximum Gasteiger partial charge on any atom is 0.294 e. The second kappa shape index (κ2) is 14.1. The minimum Gasteiger partial charge on any atom is -0.339 e. The van der Waals surface area contributed by atoms with Crippen molar-refractivity contribution in [3.8, 4) is 12.1 Å². The van der Waals surface area contributed by atoms with Gasteiger partial charge in [-0.1, -0.05) is 29.5 Å². The van der Waals surface area contributed by atoms with Gasteiger partial charge < -0.3 is 10.6 Å². The van der Waals surface area contributed by atoms with Crippen molar-refractivity contribution in [2.45, 2.75) is 23.6 Å². The Morgan fingerprint density at radius 2 is 1.16 bits per heavy atom. The van der Waals surface area contributed by atoms with E-state index in [1.165, 1.54) is 48.5 Å². The Morgan fingerprint density at radius 3 is 1.67 bits per heavy atom. The molecule has 49 heavy (non-hydrogen) atoms. The van der Waals surface area contributed by atoms with E-state index in [4.69, 9.17) is 0 Å². The quantitative estimate of drug-likeness (QED) is 0.0791. The van der Waals surface area contributed by atoms with E-state index in [-0.39, 0.29) is 43.2 Å². The van der Waals surface area contributed by atoms with E-state index in [1.807, 2.05) is 18.2 Å². The molecular weight excluding hydrogens is 691 g/mol. The zero-order valence-corrected chi connectivity index (χ0v) is 27.8. The fraction of sp³-hybridized carbons (Fsp3) is 0.0645. The molecule has 0 aliphatic heterocycles. The number of rotatable bonds is 10. The molecular formula is C31H23N9O6S3. The van der Waals surface area contributed by atoms with Crippen molar-refractivity contribution in [3.63, 3.8) is 0 Å². The summed E-state index contributed by atoms with van der Waals surface area (Å²) in [5.74, 6) is 0.108. The van der Waals surface area contributed by atoms with E-state index >= 15 is 0 Å². The molecule has 0 aliphatic carbocycles. The number of anilines is 4. The summed E-state index contributed by atoms with van der Waals surface area (Å²) < 4.78 is 64.7. The third kappa shape index (κ3) is 7.99. The first-order valence-electron chi connectivity index (χ1n) is 13.8. The monoisotopic (exact) mass is 713 g/mol. The Labute approximate surface area is 284 Å². The lowest BCUT2D eigenvalue weighted by atomic mass is 10.1. The molecule has 0 fully saturated rings. The molecule has 0 bridgehead atoms. The molecule has 0 spiro atoms. The SMILES string of the molecule is Cc1c(N=Nc2ccccc2)sc(N=Nc2c(Nc3ccc(S(=O)(=O)O)cc3)nc(Nc3ccc(S(=O)(=O)O)cc3)c(C#N)c2C)c1C#N. The van der Waals surface area contributed by atoms with Crippen molar-refractivity contribution in [1.82, 2.24) is 4.98 Å². The molecule has 246 valence electrons. The summed E-state index contributed by atoms with van der Waals surface area (Å²) in [6.07, 6.45) is 0. The van der Waals surface area contributed by atoms with E-state index < -0.39 is 20.2 Å². The van der Waals surface area contributed by atoms with Crippen LogP contribution in [0.15, 0.2) is 109 Å². The van der Waals surface area contributed by atoms with Gasteiger partial charge in [0.1, 0.15) is 22.8 Å². The highest BCUT2D eigenvalue weighted by atomic mass is 32.2. The van der Waals surface area contributed by atoms with Gasteiger partial charge in [-0.15, -0.1) is 20.5 Å². The molecule has 18 heteroatoms. The first-order chi connectivity index (χ1) is 23.3. The first-order valence-corrected chi connectivity index (χ1v) is 17.5. The predicted octanol–water partition coefficient (Wildman–Crippen LogP) is 8.31. The highest BCUT2D eigenvalue weighted by Crippen LogP contribution is 2.43. The van der Waals surface area contributed by atoms with Gasteiger partial charge in [0.05, 0.1) is 26.6 Å². The topological polar surface area (TPSA) is 243 Å². The molecule has 4 N–H and O–H groups in total. The van der Waals surface area contributed by atoms with Crippen LogP contribution in [-0.2, 0) is 20.2 Å². The normalized spacial score (nSPS) is 11.8. The summed E-state index contributed by atoms with van der Waals surface area (Å²) in [6.45, 7) is 3.30. The first kappa shape index (κ1) is 34.4. The van der Waals surface area contributed by atoms with Crippen LogP contribution in [0, 0.1) is 36.5 Å². The van der Waals surface area contributed by atoms with Crippen LogP contribution in [0.3, 0.4) is 0 Å². The third-order valence-corrected chi connectivity index (χ3v) is 9.62. The highest BCUT2D eigenvalue weighted by Gasteiger charge is 2.21. The van der Waals surface area contributed by atoms with Gasteiger partial charge in [-0.25, -0.2) is 4.98 Å². The standard InChI is InChI=1S/C31H23N9O6S3/c1-18-25(16-32)28(34-20-8-12-23(13-9-20)48(41,42)43)36-29(35-21-10-14-24(15-11-21)49(44,45)46)27(18)38-40-31-26(17-33)19(2)30(47-31)39-37-22-6-4-3-5-7-22/h3-15H,1-2H3,(H2,34,35,36)(H,41,42,43)(H,44,45,46). The molecule has 0 atom stereocenters. The van der Waals surface area contributed by atoms with E-state index in [2.05, 4.69) is 48.2 Å². The van der Waals surface area contributed by atoms with E-state index in [0.29, 0.717) is 33.2 Å². The van der Waals surface area contributed by atoms with Crippen LogP contribution >= 0.6 is 11.3 Å². The minimum absolute atomic E-state index is 0.0453. The van der Waals surface area contributed by atoms with Crippen LogP contribution in [0.5, 0.6) is 0 Å². The van der Waals surface area contributed by atoms with Crippen molar-refractivity contribution >= 4 is 76.0 Å². The van der Waals surface area contributed by atoms with Crippen molar-refractivity contribution in [1.29, 1.82) is 10.5 Å². The van der Waals surface area contributed by atoms with Gasteiger partial charge in [-0.2, -0.15) is 27.4 Å². The van der Waals surface area contributed by atoms with Gasteiger partial charge in [0.25, 0.3) is 20.2 Å². The summed E-state index contributed by atoms with van der Waals surface area (Å²) in [5.41, 5.74) is 2.52. The van der Waals surface area contributed by atoms with Gasteiger partial charge >= 0.3 is 0 Å². The van der Waals surface area contributed by atoms with Gasteiger partial charge in [0.15, 0.2) is 16.6 Å². The Kier molecular flexibility index (Phi) is 9.89. The zero-order valence-electron chi connectivity index (χ0n) is 25.4. The Hall–Kier alpha value is -5.89. The van der Waals surface area contributed by atoms with Gasteiger partial charge in [-0.3, -0.25) is 9.11 Å².